The number of amides is 4. The maximum atomic E-state index is 12.9. The van der Waals surface area contributed by atoms with E-state index >= 15 is 0 Å². The van der Waals surface area contributed by atoms with E-state index in [4.69, 9.17) is 5.73 Å². The highest BCUT2D eigenvalue weighted by Gasteiger charge is 2.34. The Balaban J connectivity index is 2.36. The Morgan fingerprint density at radius 3 is 2.72 bits per heavy atom. The van der Waals surface area contributed by atoms with E-state index < -0.39 is 29.7 Å². The van der Waals surface area contributed by atoms with Gasteiger partial charge in [-0.15, -0.1) is 0 Å². The van der Waals surface area contributed by atoms with Crippen molar-refractivity contribution in [2.45, 2.75) is 18.9 Å². The van der Waals surface area contributed by atoms with Gasteiger partial charge in [-0.3, -0.25) is 29.3 Å². The topological polar surface area (TPSA) is 139 Å². The second-order valence-corrected chi connectivity index (χ2v) is 5.52. The van der Waals surface area contributed by atoms with Crippen molar-refractivity contribution in [3.63, 3.8) is 0 Å². The molecule has 1 unspecified atom stereocenters. The molecule has 0 bridgehead atoms. The van der Waals surface area contributed by atoms with Gasteiger partial charge in [0.05, 0.1) is 17.8 Å². The Hall–Kier alpha value is -3.07. The Kier molecular flexibility index (Phi) is 5.60. The molecule has 1 aliphatic rings. The molecule has 0 aromatic heterocycles. The molecule has 1 aromatic carbocycles. The third-order valence-electron chi connectivity index (χ3n) is 3.89. The molecule has 25 heavy (non-hydrogen) atoms. The first-order valence-electron chi connectivity index (χ1n) is 7.58. The normalized spacial score (nSPS) is 16.8. The van der Waals surface area contributed by atoms with Gasteiger partial charge in [-0.1, -0.05) is 12.1 Å². The molecular weight excluding hydrogens is 328 g/mol. The number of nitrogens with zero attached hydrogens (tertiary/aromatic N) is 1. The summed E-state index contributed by atoms with van der Waals surface area (Å²) in [5.74, 6) is -2.13. The minimum atomic E-state index is -0.844. The molecule has 0 spiro atoms. The number of likely N-dealkylation sites (N-methyl/N-ethyl adjacent to an activating group) is 1. The molecule has 1 aliphatic heterocycles. The van der Waals surface area contributed by atoms with Crippen LogP contribution in [0.4, 0.5) is 5.69 Å². The van der Waals surface area contributed by atoms with Crippen molar-refractivity contribution in [1.29, 1.82) is 0 Å². The Morgan fingerprint density at radius 1 is 1.40 bits per heavy atom. The molecule has 0 radical (unpaired) electrons. The first kappa shape index (κ1) is 18.3. The van der Waals surface area contributed by atoms with Gasteiger partial charge in [0.2, 0.25) is 17.7 Å². The molecule has 0 aliphatic carbocycles. The number of benzene rings is 1. The summed E-state index contributed by atoms with van der Waals surface area (Å²) >= 11 is 0. The number of nitrogens with one attached hydrogen (secondary N) is 2. The standard InChI is InChI=1S/C16H18N4O5/c1-20(11-5-6-12(22)19-15(11)24)16(25)14-9(8-21)3-2-4-10(14)18-13(23)7-17/h2-4,8,11H,5-7,17H2,1H3,(H,18,23)(H,19,22,24). The summed E-state index contributed by atoms with van der Waals surface area (Å²) in [5.41, 5.74) is 5.42. The van der Waals surface area contributed by atoms with Crippen LogP contribution in [0.25, 0.3) is 0 Å². The molecule has 1 aromatic rings. The molecule has 1 fully saturated rings. The number of hydrogen-bond donors (Lipinski definition) is 3. The van der Waals surface area contributed by atoms with E-state index in [1.54, 1.807) is 0 Å². The van der Waals surface area contributed by atoms with Crippen LogP contribution in [0.15, 0.2) is 18.2 Å². The molecule has 132 valence electrons. The molecular formula is C16H18N4O5. The number of piperidine rings is 1. The van der Waals surface area contributed by atoms with Crippen molar-refractivity contribution in [2.75, 3.05) is 18.9 Å². The molecule has 0 saturated carbocycles. The van der Waals surface area contributed by atoms with E-state index in [0.717, 1.165) is 4.90 Å². The van der Waals surface area contributed by atoms with Gasteiger partial charge in [0.15, 0.2) is 6.29 Å². The highest BCUT2D eigenvalue weighted by molar-refractivity contribution is 6.10. The molecule has 1 atom stereocenters. The number of aldehydes is 1. The summed E-state index contributed by atoms with van der Waals surface area (Å²) in [4.78, 5) is 60.1. The smallest absolute Gasteiger partial charge is 0.257 e. The lowest BCUT2D eigenvalue weighted by Gasteiger charge is -2.30. The van der Waals surface area contributed by atoms with Crippen LogP contribution in [-0.4, -0.2) is 54.4 Å². The zero-order valence-electron chi connectivity index (χ0n) is 13.6. The molecule has 2 rings (SSSR count). The van der Waals surface area contributed by atoms with E-state index in [1.165, 1.54) is 25.2 Å². The molecule has 4 N–H and O–H groups in total. The Morgan fingerprint density at radius 2 is 2.12 bits per heavy atom. The second kappa shape index (κ2) is 7.67. The number of hydrogen-bond acceptors (Lipinski definition) is 6. The quantitative estimate of drug-likeness (QED) is 0.475. The van der Waals surface area contributed by atoms with Crippen molar-refractivity contribution in [2.24, 2.45) is 5.73 Å². The molecule has 4 amide bonds. The van der Waals surface area contributed by atoms with E-state index in [1.807, 2.05) is 0 Å². The molecule has 9 nitrogen and oxygen atoms in total. The van der Waals surface area contributed by atoms with Crippen LogP contribution < -0.4 is 16.4 Å². The van der Waals surface area contributed by atoms with Crippen LogP contribution >= 0.6 is 0 Å². The lowest BCUT2D eigenvalue weighted by molar-refractivity contribution is -0.136. The average molecular weight is 346 g/mol. The van der Waals surface area contributed by atoms with Crippen molar-refractivity contribution >= 4 is 35.6 Å². The van der Waals surface area contributed by atoms with Crippen LogP contribution in [-0.2, 0) is 14.4 Å². The number of carbonyl (C=O) groups is 5. The fraction of sp³-hybridized carbons (Fsp3) is 0.312. The number of imide groups is 1. The Labute approximate surface area is 143 Å². The summed E-state index contributed by atoms with van der Waals surface area (Å²) in [5, 5.41) is 4.64. The second-order valence-electron chi connectivity index (χ2n) is 5.52. The predicted octanol–water partition coefficient (Wildman–Crippen LogP) is -0.726. The van der Waals surface area contributed by atoms with E-state index in [2.05, 4.69) is 10.6 Å². The van der Waals surface area contributed by atoms with Gasteiger partial charge in [0, 0.05) is 19.0 Å². The monoisotopic (exact) mass is 346 g/mol. The highest BCUT2D eigenvalue weighted by atomic mass is 16.2. The maximum absolute atomic E-state index is 12.9. The van der Waals surface area contributed by atoms with E-state index in [-0.39, 0.29) is 36.2 Å². The summed E-state index contributed by atoms with van der Waals surface area (Å²) < 4.78 is 0. The van der Waals surface area contributed by atoms with E-state index in [0.29, 0.717) is 6.29 Å². The SMILES string of the molecule is CN(C(=O)c1c(C=O)cccc1NC(=O)CN)C1CCC(=O)NC1=O. The number of nitrogens with two attached hydrogens (primary N) is 1. The van der Waals surface area contributed by atoms with Gasteiger partial charge in [0.25, 0.3) is 5.91 Å². The summed E-state index contributed by atoms with van der Waals surface area (Å²) in [6, 6.07) is 3.56. The first-order chi connectivity index (χ1) is 11.9. The molecule has 9 heteroatoms. The van der Waals surface area contributed by atoms with Gasteiger partial charge < -0.3 is 16.0 Å². The molecule has 1 heterocycles. The van der Waals surface area contributed by atoms with Gasteiger partial charge in [0.1, 0.15) is 6.04 Å². The van der Waals surface area contributed by atoms with Gasteiger partial charge in [-0.2, -0.15) is 0 Å². The largest absolute Gasteiger partial charge is 0.330 e. The summed E-state index contributed by atoms with van der Waals surface area (Å²) in [6.07, 6.45) is 0.782. The minimum absolute atomic E-state index is 0.0356. The maximum Gasteiger partial charge on any atom is 0.257 e. The van der Waals surface area contributed by atoms with Crippen LogP contribution in [0, 0.1) is 0 Å². The fourth-order valence-corrected chi connectivity index (χ4v) is 2.58. The zero-order valence-corrected chi connectivity index (χ0v) is 13.6. The summed E-state index contributed by atoms with van der Waals surface area (Å²) in [7, 11) is 1.40. The summed E-state index contributed by atoms with van der Waals surface area (Å²) in [6.45, 7) is -0.290. The number of rotatable bonds is 5. The first-order valence-corrected chi connectivity index (χ1v) is 7.58. The fourth-order valence-electron chi connectivity index (χ4n) is 2.58. The van der Waals surface area contributed by atoms with Crippen molar-refractivity contribution in [3.05, 3.63) is 29.3 Å². The third-order valence-corrected chi connectivity index (χ3v) is 3.89. The van der Waals surface area contributed by atoms with Crippen LogP contribution in [0.2, 0.25) is 0 Å². The lowest BCUT2D eigenvalue weighted by Crippen LogP contribution is -2.53. The van der Waals surface area contributed by atoms with Gasteiger partial charge in [-0.25, -0.2) is 0 Å². The third kappa shape index (κ3) is 3.89. The minimum Gasteiger partial charge on any atom is -0.330 e. The van der Waals surface area contributed by atoms with E-state index in [9.17, 15) is 24.0 Å². The van der Waals surface area contributed by atoms with Crippen molar-refractivity contribution in [1.82, 2.24) is 10.2 Å². The zero-order chi connectivity index (χ0) is 18.6. The lowest BCUT2D eigenvalue weighted by atomic mass is 10.0. The highest BCUT2D eigenvalue weighted by Crippen LogP contribution is 2.23. The Bertz CT molecular complexity index is 746. The predicted molar refractivity (Wildman–Crippen MR) is 87.8 cm³/mol. The molecule has 1 saturated heterocycles. The van der Waals surface area contributed by atoms with Crippen LogP contribution in [0.1, 0.15) is 33.6 Å². The van der Waals surface area contributed by atoms with Crippen LogP contribution in [0.3, 0.4) is 0 Å². The average Bonchev–Trinajstić information content (AvgIpc) is 2.60. The van der Waals surface area contributed by atoms with Gasteiger partial charge >= 0.3 is 0 Å². The van der Waals surface area contributed by atoms with Crippen LogP contribution in [0.5, 0.6) is 0 Å². The van der Waals surface area contributed by atoms with Crippen molar-refractivity contribution in [3.8, 4) is 0 Å². The van der Waals surface area contributed by atoms with Gasteiger partial charge in [-0.05, 0) is 12.5 Å². The number of anilines is 1. The number of carbonyl (C=O) groups excluding carboxylic acids is 5. The van der Waals surface area contributed by atoms with Crippen molar-refractivity contribution < 1.29 is 24.0 Å².